The molecule has 0 bridgehead atoms. The Labute approximate surface area is 125 Å². The van der Waals surface area contributed by atoms with Crippen LogP contribution in [0.4, 0.5) is 0 Å². The fourth-order valence-corrected chi connectivity index (χ4v) is 2.91. The van der Waals surface area contributed by atoms with Crippen LogP contribution in [0.2, 0.25) is 0 Å². The molecule has 1 aliphatic carbocycles. The summed E-state index contributed by atoms with van der Waals surface area (Å²) in [6.07, 6.45) is 4.44. The summed E-state index contributed by atoms with van der Waals surface area (Å²) in [7, 11) is 3.14. The standard InChI is InChI=1S/C16H24N2O3/c1-20-14-8-7-11(9-15(14)21-2)16(19)18-13-6-4-3-5-12(13)10-17/h7-9,12-13H,3-6,10,17H2,1-2H3,(H,18,19). The average molecular weight is 292 g/mol. The quantitative estimate of drug-likeness (QED) is 0.870. The lowest BCUT2D eigenvalue weighted by Gasteiger charge is -2.31. The minimum absolute atomic E-state index is 0.0821. The van der Waals surface area contributed by atoms with Crippen LogP contribution in [0, 0.1) is 5.92 Å². The molecule has 0 aromatic heterocycles. The number of benzene rings is 1. The first-order chi connectivity index (χ1) is 10.2. The molecule has 1 saturated carbocycles. The SMILES string of the molecule is COc1ccc(C(=O)NC2CCCCC2CN)cc1OC. The zero-order chi connectivity index (χ0) is 15.2. The maximum absolute atomic E-state index is 12.4. The number of methoxy groups -OCH3 is 2. The van der Waals surface area contributed by atoms with E-state index >= 15 is 0 Å². The molecular formula is C16H24N2O3. The third-order valence-corrected chi connectivity index (χ3v) is 4.17. The fraction of sp³-hybridized carbons (Fsp3) is 0.562. The van der Waals surface area contributed by atoms with Crippen molar-refractivity contribution in [3.8, 4) is 11.5 Å². The number of ether oxygens (including phenoxy) is 2. The number of carbonyl (C=O) groups is 1. The molecule has 0 radical (unpaired) electrons. The van der Waals surface area contributed by atoms with Crippen molar-refractivity contribution in [1.82, 2.24) is 5.32 Å². The first kappa shape index (κ1) is 15.6. The second kappa shape index (κ2) is 7.31. The minimum atomic E-state index is -0.0821. The van der Waals surface area contributed by atoms with E-state index in [1.54, 1.807) is 32.4 Å². The summed E-state index contributed by atoms with van der Waals surface area (Å²) >= 11 is 0. The molecule has 1 amide bonds. The third-order valence-electron chi connectivity index (χ3n) is 4.17. The van der Waals surface area contributed by atoms with Gasteiger partial charge in [0.25, 0.3) is 5.91 Å². The van der Waals surface area contributed by atoms with Gasteiger partial charge in [0.05, 0.1) is 14.2 Å². The molecule has 116 valence electrons. The summed E-state index contributed by atoms with van der Waals surface area (Å²) in [4.78, 5) is 12.4. The molecule has 0 heterocycles. The summed E-state index contributed by atoms with van der Waals surface area (Å²) in [5.74, 6) is 1.47. The Balaban J connectivity index is 2.09. The topological polar surface area (TPSA) is 73.6 Å². The van der Waals surface area contributed by atoms with Crippen LogP contribution in [0.3, 0.4) is 0 Å². The van der Waals surface area contributed by atoms with Crippen LogP contribution >= 0.6 is 0 Å². The summed E-state index contributed by atoms with van der Waals surface area (Å²) in [6.45, 7) is 0.622. The summed E-state index contributed by atoms with van der Waals surface area (Å²) in [5.41, 5.74) is 6.38. The molecule has 21 heavy (non-hydrogen) atoms. The van der Waals surface area contributed by atoms with Gasteiger partial charge in [0.15, 0.2) is 11.5 Å². The molecule has 0 saturated heterocycles. The number of nitrogens with one attached hydrogen (secondary N) is 1. The molecule has 2 unspecified atom stereocenters. The maximum Gasteiger partial charge on any atom is 0.251 e. The molecule has 0 aliphatic heterocycles. The molecule has 1 aromatic carbocycles. The second-order valence-electron chi connectivity index (χ2n) is 5.43. The number of rotatable bonds is 5. The van der Waals surface area contributed by atoms with E-state index in [1.807, 2.05) is 0 Å². The predicted molar refractivity (Wildman–Crippen MR) is 81.8 cm³/mol. The smallest absolute Gasteiger partial charge is 0.251 e. The molecule has 5 heteroatoms. The number of carbonyl (C=O) groups excluding carboxylic acids is 1. The van der Waals surface area contributed by atoms with Crippen LogP contribution in [-0.2, 0) is 0 Å². The van der Waals surface area contributed by atoms with Crippen molar-refractivity contribution in [3.05, 3.63) is 23.8 Å². The van der Waals surface area contributed by atoms with Crippen LogP contribution < -0.4 is 20.5 Å². The lowest BCUT2D eigenvalue weighted by molar-refractivity contribution is 0.0907. The van der Waals surface area contributed by atoms with Gasteiger partial charge in [0.1, 0.15) is 0 Å². The highest BCUT2D eigenvalue weighted by atomic mass is 16.5. The van der Waals surface area contributed by atoms with Crippen LogP contribution in [0.5, 0.6) is 11.5 Å². The van der Waals surface area contributed by atoms with E-state index < -0.39 is 0 Å². The Morgan fingerprint density at radius 3 is 2.62 bits per heavy atom. The van der Waals surface area contributed by atoms with E-state index in [1.165, 1.54) is 6.42 Å². The van der Waals surface area contributed by atoms with E-state index in [4.69, 9.17) is 15.2 Å². The summed E-state index contributed by atoms with van der Waals surface area (Å²) in [6, 6.07) is 5.37. The Morgan fingerprint density at radius 1 is 1.24 bits per heavy atom. The highest BCUT2D eigenvalue weighted by Crippen LogP contribution is 2.28. The normalized spacial score (nSPS) is 21.7. The van der Waals surface area contributed by atoms with Gasteiger partial charge in [-0.3, -0.25) is 4.79 Å². The van der Waals surface area contributed by atoms with E-state index in [2.05, 4.69) is 5.32 Å². The van der Waals surface area contributed by atoms with Crippen molar-refractivity contribution in [2.45, 2.75) is 31.7 Å². The van der Waals surface area contributed by atoms with E-state index in [-0.39, 0.29) is 11.9 Å². The molecule has 3 N–H and O–H groups in total. The van der Waals surface area contributed by atoms with Gasteiger partial charge >= 0.3 is 0 Å². The van der Waals surface area contributed by atoms with Crippen LogP contribution in [0.15, 0.2) is 18.2 Å². The van der Waals surface area contributed by atoms with Crippen molar-refractivity contribution < 1.29 is 14.3 Å². The molecule has 5 nitrogen and oxygen atoms in total. The first-order valence-corrected chi connectivity index (χ1v) is 7.42. The fourth-order valence-electron chi connectivity index (χ4n) is 2.91. The highest BCUT2D eigenvalue weighted by molar-refractivity contribution is 5.95. The largest absolute Gasteiger partial charge is 0.493 e. The van der Waals surface area contributed by atoms with Gasteiger partial charge < -0.3 is 20.5 Å². The average Bonchev–Trinajstić information content (AvgIpc) is 2.54. The number of amides is 1. The molecule has 2 atom stereocenters. The van der Waals surface area contributed by atoms with Crippen molar-refractivity contribution in [2.24, 2.45) is 11.7 Å². The van der Waals surface area contributed by atoms with Crippen LogP contribution in [0.25, 0.3) is 0 Å². The van der Waals surface area contributed by atoms with Gasteiger partial charge in [-0.2, -0.15) is 0 Å². The minimum Gasteiger partial charge on any atom is -0.493 e. The van der Waals surface area contributed by atoms with Gasteiger partial charge in [-0.25, -0.2) is 0 Å². The highest BCUT2D eigenvalue weighted by Gasteiger charge is 2.25. The Morgan fingerprint density at radius 2 is 1.95 bits per heavy atom. The Kier molecular flexibility index (Phi) is 5.44. The zero-order valence-corrected chi connectivity index (χ0v) is 12.7. The predicted octanol–water partition coefficient (Wildman–Crippen LogP) is 1.95. The lowest BCUT2D eigenvalue weighted by Crippen LogP contribution is -2.44. The number of nitrogens with two attached hydrogens (primary N) is 1. The molecular weight excluding hydrogens is 268 g/mol. The zero-order valence-electron chi connectivity index (χ0n) is 12.7. The van der Waals surface area contributed by atoms with Crippen molar-refractivity contribution in [2.75, 3.05) is 20.8 Å². The summed E-state index contributed by atoms with van der Waals surface area (Å²) in [5, 5.41) is 3.11. The van der Waals surface area contributed by atoms with Crippen LogP contribution in [0.1, 0.15) is 36.0 Å². The second-order valence-corrected chi connectivity index (χ2v) is 5.43. The molecule has 1 aliphatic rings. The van der Waals surface area contributed by atoms with Crippen molar-refractivity contribution in [1.29, 1.82) is 0 Å². The van der Waals surface area contributed by atoms with Gasteiger partial charge in [0, 0.05) is 11.6 Å². The first-order valence-electron chi connectivity index (χ1n) is 7.42. The maximum atomic E-state index is 12.4. The van der Waals surface area contributed by atoms with Gasteiger partial charge in [-0.1, -0.05) is 12.8 Å². The number of hydrogen-bond acceptors (Lipinski definition) is 4. The van der Waals surface area contributed by atoms with E-state index in [0.717, 1.165) is 19.3 Å². The third kappa shape index (κ3) is 3.67. The van der Waals surface area contributed by atoms with Gasteiger partial charge in [-0.15, -0.1) is 0 Å². The molecule has 0 spiro atoms. The molecule has 1 fully saturated rings. The van der Waals surface area contributed by atoms with E-state index in [0.29, 0.717) is 29.5 Å². The lowest BCUT2D eigenvalue weighted by atomic mass is 9.84. The monoisotopic (exact) mass is 292 g/mol. The summed E-state index contributed by atoms with van der Waals surface area (Å²) < 4.78 is 10.4. The van der Waals surface area contributed by atoms with Crippen LogP contribution in [-0.4, -0.2) is 32.7 Å². The van der Waals surface area contributed by atoms with Gasteiger partial charge in [0.2, 0.25) is 0 Å². The molecule has 1 aromatic rings. The molecule has 2 rings (SSSR count). The van der Waals surface area contributed by atoms with Crippen molar-refractivity contribution in [3.63, 3.8) is 0 Å². The Hall–Kier alpha value is -1.75. The van der Waals surface area contributed by atoms with E-state index in [9.17, 15) is 4.79 Å². The Bertz CT molecular complexity index is 490. The number of hydrogen-bond donors (Lipinski definition) is 2. The van der Waals surface area contributed by atoms with Gasteiger partial charge in [-0.05, 0) is 43.5 Å². The van der Waals surface area contributed by atoms with Crippen molar-refractivity contribution >= 4 is 5.91 Å².